The standard InChI is InChI=1S/C30H46O4/c1-25(2)21-8-11-30(7)23(28(21,5)10-9-22(25)32)20(31)16-18-19-17-27(4,24(33)34)13-12-26(19,3)14-15-29(18,30)6/h16,19,21-23,32H,8-15,17H2,1-7H3,(H,33,34)/t19?,21?,22?,23?,26-,27+,28+,29-,30-/m1/s1. The largest absolute Gasteiger partial charge is 0.481 e. The molecule has 190 valence electrons. The quantitative estimate of drug-likeness (QED) is 0.464. The van der Waals surface area contributed by atoms with Crippen molar-refractivity contribution in [2.24, 2.45) is 50.2 Å². The minimum Gasteiger partial charge on any atom is -0.481 e. The van der Waals surface area contributed by atoms with Crippen LogP contribution in [0.15, 0.2) is 11.6 Å². The van der Waals surface area contributed by atoms with Gasteiger partial charge in [-0.05, 0) is 110 Å². The van der Waals surface area contributed by atoms with Crippen molar-refractivity contribution < 1.29 is 19.8 Å². The third-order valence-electron chi connectivity index (χ3n) is 13.1. The number of rotatable bonds is 1. The molecule has 4 nitrogen and oxygen atoms in total. The molecule has 4 fully saturated rings. The molecule has 5 rings (SSSR count). The van der Waals surface area contributed by atoms with Gasteiger partial charge in [-0.2, -0.15) is 0 Å². The first-order valence-corrected chi connectivity index (χ1v) is 13.7. The van der Waals surface area contributed by atoms with Crippen LogP contribution in [0.3, 0.4) is 0 Å². The second kappa shape index (κ2) is 6.99. The number of hydrogen-bond donors (Lipinski definition) is 2. The summed E-state index contributed by atoms with van der Waals surface area (Å²) in [5, 5.41) is 20.9. The molecule has 5 aliphatic rings. The zero-order valence-corrected chi connectivity index (χ0v) is 22.5. The van der Waals surface area contributed by atoms with Crippen LogP contribution in [0.25, 0.3) is 0 Å². The van der Waals surface area contributed by atoms with Gasteiger partial charge in [0.1, 0.15) is 0 Å². The van der Waals surface area contributed by atoms with E-state index in [1.165, 1.54) is 5.57 Å². The van der Waals surface area contributed by atoms with Gasteiger partial charge in [0.15, 0.2) is 5.78 Å². The van der Waals surface area contributed by atoms with Gasteiger partial charge in [-0.15, -0.1) is 0 Å². The van der Waals surface area contributed by atoms with E-state index in [0.717, 1.165) is 51.4 Å². The Bertz CT molecular complexity index is 965. The van der Waals surface area contributed by atoms with Gasteiger partial charge in [-0.25, -0.2) is 0 Å². The van der Waals surface area contributed by atoms with Gasteiger partial charge in [0.25, 0.3) is 0 Å². The van der Waals surface area contributed by atoms with Gasteiger partial charge in [-0.1, -0.05) is 47.1 Å². The predicted molar refractivity (Wildman–Crippen MR) is 133 cm³/mol. The van der Waals surface area contributed by atoms with Crippen LogP contribution < -0.4 is 0 Å². The molecule has 0 amide bonds. The number of carbonyl (C=O) groups excluding carboxylic acids is 1. The molecule has 5 aliphatic carbocycles. The predicted octanol–water partition coefficient (Wildman–Crippen LogP) is 6.41. The fourth-order valence-corrected chi connectivity index (χ4v) is 10.4. The molecular weight excluding hydrogens is 424 g/mol. The van der Waals surface area contributed by atoms with E-state index in [4.69, 9.17) is 0 Å². The van der Waals surface area contributed by atoms with E-state index in [-0.39, 0.29) is 50.8 Å². The Morgan fingerprint density at radius 1 is 0.912 bits per heavy atom. The number of aliphatic hydroxyl groups excluding tert-OH is 1. The Labute approximate surface area is 206 Å². The van der Waals surface area contributed by atoms with Crippen molar-refractivity contribution in [3.8, 4) is 0 Å². The first-order valence-electron chi connectivity index (χ1n) is 13.7. The molecule has 0 aromatic carbocycles. The molecule has 4 saturated carbocycles. The number of fused-ring (bicyclic) bond motifs is 7. The third-order valence-corrected chi connectivity index (χ3v) is 13.1. The molecule has 0 radical (unpaired) electrons. The average molecular weight is 471 g/mol. The van der Waals surface area contributed by atoms with Crippen molar-refractivity contribution >= 4 is 11.8 Å². The van der Waals surface area contributed by atoms with Crippen molar-refractivity contribution in [3.05, 3.63) is 11.6 Å². The summed E-state index contributed by atoms with van der Waals surface area (Å²) in [5.74, 6) is 0.0603. The van der Waals surface area contributed by atoms with E-state index >= 15 is 0 Å². The summed E-state index contributed by atoms with van der Waals surface area (Å²) in [7, 11) is 0. The highest BCUT2D eigenvalue weighted by Gasteiger charge is 2.70. The molecule has 0 aromatic rings. The highest BCUT2D eigenvalue weighted by Crippen LogP contribution is 2.75. The zero-order chi connectivity index (χ0) is 25.1. The second-order valence-corrected chi connectivity index (χ2v) is 14.9. The smallest absolute Gasteiger partial charge is 0.309 e. The summed E-state index contributed by atoms with van der Waals surface area (Å²) in [5.41, 5.74) is 0.142. The summed E-state index contributed by atoms with van der Waals surface area (Å²) in [6.07, 6.45) is 9.95. The van der Waals surface area contributed by atoms with Gasteiger partial charge in [0.05, 0.1) is 11.5 Å². The maximum absolute atomic E-state index is 14.2. The third kappa shape index (κ3) is 2.81. The average Bonchev–Trinajstić information content (AvgIpc) is 2.73. The number of carboxylic acid groups (broad SMARTS) is 1. The van der Waals surface area contributed by atoms with E-state index in [9.17, 15) is 19.8 Å². The highest BCUT2D eigenvalue weighted by atomic mass is 16.4. The van der Waals surface area contributed by atoms with Gasteiger partial charge in [0.2, 0.25) is 0 Å². The topological polar surface area (TPSA) is 74.6 Å². The molecule has 34 heavy (non-hydrogen) atoms. The van der Waals surface area contributed by atoms with Crippen LogP contribution >= 0.6 is 0 Å². The van der Waals surface area contributed by atoms with E-state index < -0.39 is 11.4 Å². The van der Waals surface area contributed by atoms with E-state index in [1.807, 2.05) is 13.0 Å². The Morgan fingerprint density at radius 3 is 2.21 bits per heavy atom. The molecule has 0 aromatic heterocycles. The Kier molecular flexibility index (Phi) is 5.04. The van der Waals surface area contributed by atoms with E-state index in [1.54, 1.807) is 0 Å². The summed E-state index contributed by atoms with van der Waals surface area (Å²) < 4.78 is 0. The fraction of sp³-hybridized carbons (Fsp3) is 0.867. The molecule has 0 aliphatic heterocycles. The van der Waals surface area contributed by atoms with E-state index in [2.05, 4.69) is 41.5 Å². The minimum absolute atomic E-state index is 0.0296. The lowest BCUT2D eigenvalue weighted by molar-refractivity contribution is -0.202. The first-order chi connectivity index (χ1) is 15.6. The normalized spacial score (nSPS) is 54.1. The molecule has 2 N–H and O–H groups in total. The SMILES string of the molecule is CC1(C)C(O)CC[C@@]2(C)C1CC[C@]1(C)C2C(=O)C=C2C3C[C@@](C)(C(=O)O)CC[C@]3(C)CC[C@]21C. The number of aliphatic hydroxyl groups is 1. The molecule has 0 spiro atoms. The van der Waals surface area contributed by atoms with Crippen LogP contribution in [0.1, 0.15) is 106 Å². The number of ketones is 1. The summed E-state index contributed by atoms with van der Waals surface area (Å²) >= 11 is 0. The Balaban J connectivity index is 1.62. The minimum atomic E-state index is -0.711. The van der Waals surface area contributed by atoms with Crippen LogP contribution in [0, 0.1) is 50.2 Å². The zero-order valence-electron chi connectivity index (χ0n) is 22.5. The summed E-state index contributed by atoms with van der Waals surface area (Å²) in [6, 6.07) is 0. The van der Waals surface area contributed by atoms with Crippen LogP contribution in [-0.2, 0) is 9.59 Å². The van der Waals surface area contributed by atoms with Gasteiger partial charge in [-0.3, -0.25) is 9.59 Å². The molecule has 4 heteroatoms. The number of carbonyl (C=O) groups is 2. The van der Waals surface area contributed by atoms with Crippen molar-refractivity contribution in [3.63, 3.8) is 0 Å². The molecular formula is C30H46O4. The van der Waals surface area contributed by atoms with Gasteiger partial charge in [0, 0.05) is 5.92 Å². The van der Waals surface area contributed by atoms with E-state index in [0.29, 0.717) is 12.3 Å². The second-order valence-electron chi connectivity index (χ2n) is 14.9. The molecule has 4 unspecified atom stereocenters. The maximum atomic E-state index is 14.2. The van der Waals surface area contributed by atoms with Crippen molar-refractivity contribution in [1.82, 2.24) is 0 Å². The van der Waals surface area contributed by atoms with Gasteiger partial charge >= 0.3 is 5.97 Å². The summed E-state index contributed by atoms with van der Waals surface area (Å²) in [6.45, 7) is 15.8. The number of allylic oxidation sites excluding steroid dienone is 2. The van der Waals surface area contributed by atoms with Crippen molar-refractivity contribution in [2.75, 3.05) is 0 Å². The van der Waals surface area contributed by atoms with Crippen LogP contribution in [-0.4, -0.2) is 28.1 Å². The monoisotopic (exact) mass is 470 g/mol. The van der Waals surface area contributed by atoms with Crippen LogP contribution in [0.2, 0.25) is 0 Å². The van der Waals surface area contributed by atoms with Gasteiger partial charge < -0.3 is 10.2 Å². The number of hydrogen-bond acceptors (Lipinski definition) is 3. The van der Waals surface area contributed by atoms with Crippen LogP contribution in [0.4, 0.5) is 0 Å². The lowest BCUT2D eigenvalue weighted by atomic mass is 9.33. The number of aliphatic carboxylic acids is 1. The molecule has 0 saturated heterocycles. The summed E-state index contributed by atoms with van der Waals surface area (Å²) in [4.78, 5) is 26.4. The van der Waals surface area contributed by atoms with Crippen molar-refractivity contribution in [2.45, 2.75) is 112 Å². The lowest BCUT2D eigenvalue weighted by Crippen LogP contribution is -2.66. The van der Waals surface area contributed by atoms with Crippen molar-refractivity contribution in [1.29, 1.82) is 0 Å². The Hall–Kier alpha value is -1.16. The maximum Gasteiger partial charge on any atom is 0.309 e. The Morgan fingerprint density at radius 2 is 1.56 bits per heavy atom. The molecule has 0 heterocycles. The first kappa shape index (κ1) is 24.5. The molecule has 0 bridgehead atoms. The van der Waals surface area contributed by atoms with Crippen LogP contribution in [0.5, 0.6) is 0 Å². The molecule has 9 atom stereocenters. The number of carboxylic acids is 1. The highest BCUT2D eigenvalue weighted by molar-refractivity contribution is 5.95. The fourth-order valence-electron chi connectivity index (χ4n) is 10.4. The lowest BCUT2D eigenvalue weighted by Gasteiger charge is -2.70.